The molecule has 0 aliphatic heterocycles. The standard InChI is InChI=1S/C17H14F3N3O5/c1-8(9-2-4-11(5-3-9)21-16(28)17(18,19)20)22-23-15(27)10-6-12(24)14(26)13(25)7-10/h2-7,24-26H,1H3,(H,21,28)(H,23,27)/b22-8-. The minimum absolute atomic E-state index is 0.0713. The van der Waals surface area contributed by atoms with E-state index in [4.69, 9.17) is 0 Å². The van der Waals surface area contributed by atoms with E-state index in [1.165, 1.54) is 31.2 Å². The van der Waals surface area contributed by atoms with Crippen LogP contribution in [0.4, 0.5) is 18.9 Å². The lowest BCUT2D eigenvalue weighted by molar-refractivity contribution is -0.167. The van der Waals surface area contributed by atoms with Crippen molar-refractivity contribution in [2.75, 3.05) is 5.32 Å². The fraction of sp³-hybridized carbons (Fsp3) is 0.118. The first kappa shape index (κ1) is 20.6. The number of rotatable bonds is 4. The van der Waals surface area contributed by atoms with Crippen molar-refractivity contribution in [3.8, 4) is 17.2 Å². The molecule has 8 nitrogen and oxygen atoms in total. The van der Waals surface area contributed by atoms with Crippen molar-refractivity contribution in [2.45, 2.75) is 13.1 Å². The molecule has 2 aromatic carbocycles. The highest BCUT2D eigenvalue weighted by Crippen LogP contribution is 2.35. The topological polar surface area (TPSA) is 131 Å². The molecule has 11 heteroatoms. The zero-order valence-electron chi connectivity index (χ0n) is 14.2. The largest absolute Gasteiger partial charge is 0.504 e. The lowest BCUT2D eigenvalue weighted by Crippen LogP contribution is -2.29. The highest BCUT2D eigenvalue weighted by Gasteiger charge is 2.38. The summed E-state index contributed by atoms with van der Waals surface area (Å²) < 4.78 is 36.6. The van der Waals surface area contributed by atoms with Gasteiger partial charge in [0.05, 0.1) is 5.71 Å². The van der Waals surface area contributed by atoms with Gasteiger partial charge in [0.2, 0.25) is 0 Å². The van der Waals surface area contributed by atoms with Gasteiger partial charge in [-0.05, 0) is 36.8 Å². The normalized spacial score (nSPS) is 11.8. The average molecular weight is 397 g/mol. The third kappa shape index (κ3) is 4.90. The summed E-state index contributed by atoms with van der Waals surface area (Å²) in [7, 11) is 0. The van der Waals surface area contributed by atoms with Crippen molar-refractivity contribution in [1.29, 1.82) is 0 Å². The Morgan fingerprint density at radius 3 is 2.00 bits per heavy atom. The van der Waals surface area contributed by atoms with Gasteiger partial charge in [-0.3, -0.25) is 9.59 Å². The van der Waals surface area contributed by atoms with Crippen LogP contribution in [0.2, 0.25) is 0 Å². The molecule has 0 unspecified atom stereocenters. The van der Waals surface area contributed by atoms with E-state index >= 15 is 0 Å². The Morgan fingerprint density at radius 2 is 1.50 bits per heavy atom. The minimum atomic E-state index is -5.00. The fourth-order valence-electron chi connectivity index (χ4n) is 2.00. The summed E-state index contributed by atoms with van der Waals surface area (Å²) in [5.74, 6) is -5.05. The monoisotopic (exact) mass is 397 g/mol. The lowest BCUT2D eigenvalue weighted by Gasteiger charge is -2.09. The molecule has 0 aromatic heterocycles. The van der Waals surface area contributed by atoms with Crippen molar-refractivity contribution < 1.29 is 38.1 Å². The number of nitrogens with zero attached hydrogens (tertiary/aromatic N) is 1. The van der Waals surface area contributed by atoms with Crippen molar-refractivity contribution in [3.05, 3.63) is 47.5 Å². The van der Waals surface area contributed by atoms with Crippen LogP contribution in [0.15, 0.2) is 41.5 Å². The van der Waals surface area contributed by atoms with Crippen LogP contribution in [0.5, 0.6) is 17.2 Å². The second-order valence-corrected chi connectivity index (χ2v) is 5.53. The second kappa shape index (κ2) is 7.86. The van der Waals surface area contributed by atoms with Gasteiger partial charge in [-0.1, -0.05) is 12.1 Å². The van der Waals surface area contributed by atoms with Gasteiger partial charge < -0.3 is 20.6 Å². The molecule has 28 heavy (non-hydrogen) atoms. The van der Waals surface area contributed by atoms with Crippen molar-refractivity contribution in [2.24, 2.45) is 5.10 Å². The van der Waals surface area contributed by atoms with E-state index < -0.39 is 35.2 Å². The maximum Gasteiger partial charge on any atom is 0.471 e. The maximum atomic E-state index is 12.2. The summed E-state index contributed by atoms with van der Waals surface area (Å²) >= 11 is 0. The summed E-state index contributed by atoms with van der Waals surface area (Å²) in [6.07, 6.45) is -5.00. The predicted octanol–water partition coefficient (Wildman–Crippen LogP) is 2.46. The van der Waals surface area contributed by atoms with Crippen molar-refractivity contribution in [3.63, 3.8) is 0 Å². The molecule has 0 fully saturated rings. The van der Waals surface area contributed by atoms with Gasteiger partial charge in [-0.25, -0.2) is 5.43 Å². The second-order valence-electron chi connectivity index (χ2n) is 5.53. The number of aromatic hydroxyl groups is 3. The maximum absolute atomic E-state index is 12.2. The van der Waals surface area contributed by atoms with E-state index in [9.17, 15) is 38.1 Å². The van der Waals surface area contributed by atoms with Crippen LogP contribution in [-0.2, 0) is 4.79 Å². The number of hydrazone groups is 1. The zero-order chi connectivity index (χ0) is 21.1. The predicted molar refractivity (Wildman–Crippen MR) is 92.2 cm³/mol. The van der Waals surface area contributed by atoms with Crippen LogP contribution in [0, 0.1) is 0 Å². The van der Waals surface area contributed by atoms with Crippen molar-refractivity contribution >= 4 is 23.2 Å². The molecule has 2 amide bonds. The van der Waals surface area contributed by atoms with E-state index in [0.29, 0.717) is 5.56 Å². The molecule has 0 atom stereocenters. The van der Waals surface area contributed by atoms with Crippen LogP contribution in [-0.4, -0.2) is 39.0 Å². The van der Waals surface area contributed by atoms with Gasteiger partial charge in [0.1, 0.15) is 0 Å². The number of anilines is 1. The Hall–Kier alpha value is -3.76. The van der Waals surface area contributed by atoms with Crippen molar-refractivity contribution in [1.82, 2.24) is 5.43 Å². The Bertz CT molecular complexity index is 917. The molecule has 2 rings (SSSR count). The molecule has 148 valence electrons. The number of carbonyl (C=O) groups is 2. The van der Waals surface area contributed by atoms with Gasteiger partial charge in [0.15, 0.2) is 17.2 Å². The first-order valence-electron chi connectivity index (χ1n) is 7.57. The number of phenols is 3. The molecule has 0 radical (unpaired) electrons. The van der Waals surface area contributed by atoms with E-state index in [1.54, 1.807) is 5.32 Å². The summed E-state index contributed by atoms with van der Waals surface area (Å²) in [6, 6.07) is 7.08. The zero-order valence-corrected chi connectivity index (χ0v) is 14.2. The van der Waals surface area contributed by atoms with E-state index in [1.807, 2.05) is 0 Å². The number of amides is 2. The number of halogens is 3. The molecule has 0 saturated heterocycles. The molecule has 5 N–H and O–H groups in total. The number of carbonyl (C=O) groups excluding carboxylic acids is 2. The third-order valence-electron chi connectivity index (χ3n) is 3.48. The Morgan fingerprint density at radius 1 is 0.964 bits per heavy atom. The summed E-state index contributed by atoms with van der Waals surface area (Å²) in [4.78, 5) is 22.9. The smallest absolute Gasteiger partial charge is 0.471 e. The third-order valence-corrected chi connectivity index (χ3v) is 3.48. The SMILES string of the molecule is C/C(=N/NC(=O)c1cc(O)c(O)c(O)c1)c1ccc(NC(=O)C(F)(F)F)cc1. The summed E-state index contributed by atoms with van der Waals surface area (Å²) in [5, 5.41) is 33.5. The molecule has 0 heterocycles. The first-order valence-corrected chi connectivity index (χ1v) is 7.57. The van der Waals surface area contributed by atoms with Gasteiger partial charge >= 0.3 is 12.1 Å². The highest BCUT2D eigenvalue weighted by molar-refractivity contribution is 6.02. The van der Waals surface area contributed by atoms with E-state index in [2.05, 4.69) is 10.5 Å². The number of nitrogens with one attached hydrogen (secondary N) is 2. The molecule has 2 aromatic rings. The Kier molecular flexibility index (Phi) is 5.77. The molecule has 0 bridgehead atoms. The fourth-order valence-corrected chi connectivity index (χ4v) is 2.00. The molecule has 0 spiro atoms. The summed E-state index contributed by atoms with van der Waals surface area (Å²) in [5.41, 5.74) is 2.65. The van der Waals surface area contributed by atoms with E-state index in [0.717, 1.165) is 12.1 Å². The number of phenolic OH excluding ortho intramolecular Hbond substituents is 3. The van der Waals surface area contributed by atoms with E-state index in [-0.39, 0.29) is 17.0 Å². The minimum Gasteiger partial charge on any atom is -0.504 e. The summed E-state index contributed by atoms with van der Waals surface area (Å²) in [6.45, 7) is 1.51. The molecule has 0 aliphatic rings. The highest BCUT2D eigenvalue weighted by atomic mass is 19.4. The number of hydrogen-bond donors (Lipinski definition) is 5. The van der Waals surface area contributed by atoms with Crippen LogP contribution in [0.25, 0.3) is 0 Å². The van der Waals surface area contributed by atoms with Gasteiger partial charge in [-0.2, -0.15) is 18.3 Å². The Balaban J connectivity index is 2.07. The Labute approximate surface area is 155 Å². The number of alkyl halides is 3. The van der Waals surface area contributed by atoms with Crippen LogP contribution >= 0.6 is 0 Å². The lowest BCUT2D eigenvalue weighted by atomic mass is 10.1. The first-order chi connectivity index (χ1) is 13.0. The number of benzene rings is 2. The molecular weight excluding hydrogens is 383 g/mol. The average Bonchev–Trinajstić information content (AvgIpc) is 2.63. The van der Waals surface area contributed by atoms with Crippen LogP contribution < -0.4 is 10.7 Å². The molecule has 0 aliphatic carbocycles. The quantitative estimate of drug-likeness (QED) is 0.307. The molecule has 0 saturated carbocycles. The number of hydrogen-bond acceptors (Lipinski definition) is 6. The van der Waals surface area contributed by atoms with Crippen LogP contribution in [0.1, 0.15) is 22.8 Å². The van der Waals surface area contributed by atoms with Gasteiger partial charge in [-0.15, -0.1) is 0 Å². The van der Waals surface area contributed by atoms with Gasteiger partial charge in [0, 0.05) is 11.3 Å². The van der Waals surface area contributed by atoms with Gasteiger partial charge in [0.25, 0.3) is 5.91 Å². The van der Waals surface area contributed by atoms with Crippen LogP contribution in [0.3, 0.4) is 0 Å². The molecular formula is C17H14F3N3O5.